The fourth-order valence-electron chi connectivity index (χ4n) is 2.90. The molecular weight excluding hydrogens is 304 g/mol. The molecule has 122 valence electrons. The number of benzene rings is 1. The number of amides is 1. The number of halogens is 1. The second kappa shape index (κ2) is 7.70. The molecule has 0 spiro atoms. The fraction of sp³-hybridized carbons (Fsp3) is 0.562. The molecule has 5 nitrogen and oxygen atoms in total. The van der Waals surface area contributed by atoms with Crippen LogP contribution in [0.25, 0.3) is 0 Å². The monoisotopic (exact) mass is 326 g/mol. The lowest BCUT2D eigenvalue weighted by Gasteiger charge is -2.32. The normalized spacial score (nSPS) is 22.8. The van der Waals surface area contributed by atoms with E-state index in [2.05, 4.69) is 5.32 Å². The SMILES string of the molecule is CCN(CC1COc2ccccc2O1)C(=O)C1CCNC1.Cl. The number of likely N-dealkylation sites (N-methyl/N-ethyl adjacent to an activating group) is 1. The molecule has 1 aromatic carbocycles. The van der Waals surface area contributed by atoms with Gasteiger partial charge in [-0.1, -0.05) is 12.1 Å². The molecule has 22 heavy (non-hydrogen) atoms. The van der Waals surface area contributed by atoms with Crippen molar-refractivity contribution in [1.29, 1.82) is 0 Å². The van der Waals surface area contributed by atoms with Crippen molar-refractivity contribution in [1.82, 2.24) is 10.2 Å². The van der Waals surface area contributed by atoms with Gasteiger partial charge in [-0.2, -0.15) is 0 Å². The predicted molar refractivity (Wildman–Crippen MR) is 86.8 cm³/mol. The quantitative estimate of drug-likeness (QED) is 0.915. The van der Waals surface area contributed by atoms with Gasteiger partial charge in [-0.15, -0.1) is 12.4 Å². The third-order valence-electron chi connectivity index (χ3n) is 4.09. The summed E-state index contributed by atoms with van der Waals surface area (Å²) in [5.41, 5.74) is 0. The summed E-state index contributed by atoms with van der Waals surface area (Å²) in [6, 6.07) is 7.66. The van der Waals surface area contributed by atoms with Gasteiger partial charge >= 0.3 is 0 Å². The van der Waals surface area contributed by atoms with Crippen molar-refractivity contribution in [2.24, 2.45) is 5.92 Å². The highest BCUT2D eigenvalue weighted by atomic mass is 35.5. The van der Waals surface area contributed by atoms with E-state index in [9.17, 15) is 4.79 Å². The van der Waals surface area contributed by atoms with Gasteiger partial charge in [0.25, 0.3) is 0 Å². The molecule has 1 aromatic rings. The molecule has 0 saturated carbocycles. The summed E-state index contributed by atoms with van der Waals surface area (Å²) >= 11 is 0. The first kappa shape index (κ1) is 16.9. The smallest absolute Gasteiger partial charge is 0.227 e. The van der Waals surface area contributed by atoms with Crippen molar-refractivity contribution in [3.8, 4) is 11.5 Å². The zero-order valence-electron chi connectivity index (χ0n) is 12.8. The minimum absolute atomic E-state index is 0. The summed E-state index contributed by atoms with van der Waals surface area (Å²) in [6.45, 7) is 5.52. The molecule has 2 aliphatic heterocycles. The van der Waals surface area contributed by atoms with Gasteiger partial charge in [0.15, 0.2) is 17.6 Å². The van der Waals surface area contributed by atoms with Crippen molar-refractivity contribution in [2.75, 3.05) is 32.8 Å². The van der Waals surface area contributed by atoms with E-state index in [4.69, 9.17) is 9.47 Å². The summed E-state index contributed by atoms with van der Waals surface area (Å²) in [6.07, 6.45) is 0.832. The average molecular weight is 327 g/mol. The summed E-state index contributed by atoms with van der Waals surface area (Å²) in [4.78, 5) is 14.4. The molecule has 2 aliphatic rings. The van der Waals surface area contributed by atoms with Crippen LogP contribution in [0.2, 0.25) is 0 Å². The molecule has 0 aliphatic carbocycles. The minimum Gasteiger partial charge on any atom is -0.486 e. The maximum atomic E-state index is 12.5. The standard InChI is InChI=1S/C16H22N2O3.ClH/c1-2-18(16(19)12-7-8-17-9-12)10-13-11-20-14-5-3-4-6-15(14)21-13;/h3-6,12-13,17H,2,7-11H2,1H3;1H. The number of nitrogens with zero attached hydrogens (tertiary/aromatic N) is 1. The Morgan fingerprint density at radius 2 is 2.14 bits per heavy atom. The summed E-state index contributed by atoms with van der Waals surface area (Å²) in [5.74, 6) is 1.88. The van der Waals surface area contributed by atoms with Gasteiger partial charge in [0.05, 0.1) is 12.5 Å². The van der Waals surface area contributed by atoms with Crippen molar-refractivity contribution < 1.29 is 14.3 Å². The zero-order valence-corrected chi connectivity index (χ0v) is 13.6. The fourth-order valence-corrected chi connectivity index (χ4v) is 2.90. The van der Waals surface area contributed by atoms with Crippen molar-refractivity contribution in [3.63, 3.8) is 0 Å². The van der Waals surface area contributed by atoms with Crippen molar-refractivity contribution in [3.05, 3.63) is 24.3 Å². The number of fused-ring (bicyclic) bond motifs is 1. The Morgan fingerprint density at radius 3 is 2.82 bits per heavy atom. The molecular formula is C16H23ClN2O3. The number of ether oxygens (including phenoxy) is 2. The number of hydrogen-bond acceptors (Lipinski definition) is 4. The first-order valence-corrected chi connectivity index (χ1v) is 7.66. The van der Waals surface area contributed by atoms with Crippen LogP contribution < -0.4 is 14.8 Å². The third-order valence-corrected chi connectivity index (χ3v) is 4.09. The molecule has 0 radical (unpaired) electrons. The van der Waals surface area contributed by atoms with Crippen LogP contribution in [0.4, 0.5) is 0 Å². The molecule has 1 N–H and O–H groups in total. The van der Waals surface area contributed by atoms with Crippen LogP contribution in [0.5, 0.6) is 11.5 Å². The molecule has 6 heteroatoms. The number of para-hydroxylation sites is 2. The van der Waals surface area contributed by atoms with E-state index in [0.717, 1.165) is 31.0 Å². The zero-order chi connectivity index (χ0) is 14.7. The summed E-state index contributed by atoms with van der Waals surface area (Å²) in [7, 11) is 0. The lowest BCUT2D eigenvalue weighted by molar-refractivity contribution is -0.136. The van der Waals surface area contributed by atoms with Crippen LogP contribution in [0.15, 0.2) is 24.3 Å². The molecule has 0 aromatic heterocycles. The predicted octanol–water partition coefficient (Wildman–Crippen LogP) is 1.71. The van der Waals surface area contributed by atoms with Crippen molar-refractivity contribution in [2.45, 2.75) is 19.4 Å². The van der Waals surface area contributed by atoms with E-state index < -0.39 is 0 Å². The lowest BCUT2D eigenvalue weighted by Crippen LogP contribution is -2.45. The molecule has 1 amide bonds. The molecule has 2 heterocycles. The van der Waals surface area contributed by atoms with Gasteiger partial charge in [-0.3, -0.25) is 4.79 Å². The first-order chi connectivity index (χ1) is 10.3. The second-order valence-electron chi connectivity index (χ2n) is 5.56. The molecule has 1 saturated heterocycles. The van der Waals surface area contributed by atoms with Gasteiger partial charge < -0.3 is 19.7 Å². The van der Waals surface area contributed by atoms with Crippen LogP contribution in [-0.4, -0.2) is 49.7 Å². The number of hydrogen-bond donors (Lipinski definition) is 1. The first-order valence-electron chi connectivity index (χ1n) is 7.66. The molecule has 2 unspecified atom stereocenters. The highest BCUT2D eigenvalue weighted by Crippen LogP contribution is 2.31. The van der Waals surface area contributed by atoms with E-state index in [-0.39, 0.29) is 30.3 Å². The van der Waals surface area contributed by atoms with E-state index >= 15 is 0 Å². The van der Waals surface area contributed by atoms with Gasteiger partial charge in [-0.05, 0) is 32.0 Å². The Balaban J connectivity index is 0.00000176. The van der Waals surface area contributed by atoms with Crippen LogP contribution in [-0.2, 0) is 4.79 Å². The Bertz CT molecular complexity index is 506. The minimum atomic E-state index is -0.0989. The Labute approximate surface area is 137 Å². The number of rotatable bonds is 4. The lowest BCUT2D eigenvalue weighted by atomic mass is 10.1. The molecule has 0 bridgehead atoms. The largest absolute Gasteiger partial charge is 0.486 e. The van der Waals surface area contributed by atoms with E-state index in [1.54, 1.807) is 0 Å². The molecule has 1 fully saturated rings. The number of carbonyl (C=O) groups is 1. The number of carbonyl (C=O) groups excluding carboxylic acids is 1. The Morgan fingerprint density at radius 1 is 1.36 bits per heavy atom. The molecule has 3 rings (SSSR count). The third kappa shape index (κ3) is 3.65. The average Bonchev–Trinajstić information content (AvgIpc) is 3.06. The van der Waals surface area contributed by atoms with E-state index in [0.29, 0.717) is 19.7 Å². The maximum absolute atomic E-state index is 12.5. The van der Waals surface area contributed by atoms with Crippen LogP contribution in [0.1, 0.15) is 13.3 Å². The Kier molecular flexibility index (Phi) is 5.91. The van der Waals surface area contributed by atoms with Gasteiger partial charge in [0.1, 0.15) is 6.61 Å². The van der Waals surface area contributed by atoms with Crippen molar-refractivity contribution >= 4 is 18.3 Å². The summed E-state index contributed by atoms with van der Waals surface area (Å²) < 4.78 is 11.7. The highest BCUT2D eigenvalue weighted by molar-refractivity contribution is 5.85. The van der Waals surface area contributed by atoms with Crippen LogP contribution in [0.3, 0.4) is 0 Å². The molecule has 2 atom stereocenters. The maximum Gasteiger partial charge on any atom is 0.227 e. The van der Waals surface area contributed by atoms with E-state index in [1.807, 2.05) is 36.1 Å². The van der Waals surface area contributed by atoms with Gasteiger partial charge in [-0.25, -0.2) is 0 Å². The number of nitrogens with one attached hydrogen (secondary N) is 1. The van der Waals surface area contributed by atoms with E-state index in [1.165, 1.54) is 0 Å². The second-order valence-corrected chi connectivity index (χ2v) is 5.56. The van der Waals surface area contributed by atoms with Crippen LogP contribution in [0, 0.1) is 5.92 Å². The van der Waals surface area contributed by atoms with Gasteiger partial charge in [0, 0.05) is 13.1 Å². The highest BCUT2D eigenvalue weighted by Gasteiger charge is 2.30. The topological polar surface area (TPSA) is 50.8 Å². The Hall–Kier alpha value is -1.46. The van der Waals surface area contributed by atoms with Crippen LogP contribution >= 0.6 is 12.4 Å². The summed E-state index contributed by atoms with van der Waals surface area (Å²) in [5, 5.41) is 3.25. The van der Waals surface area contributed by atoms with Gasteiger partial charge in [0.2, 0.25) is 5.91 Å².